The molecule has 0 unspecified atom stereocenters. The minimum Gasteiger partial charge on any atom is -0.353 e. The van der Waals surface area contributed by atoms with Crippen LogP contribution in [0.2, 0.25) is 0 Å². The third-order valence-corrected chi connectivity index (χ3v) is 4.86. The van der Waals surface area contributed by atoms with Crippen LogP contribution in [0.4, 0.5) is 5.82 Å². The van der Waals surface area contributed by atoms with Crippen LogP contribution >= 0.6 is 0 Å². The number of hydrogen-bond acceptors (Lipinski definition) is 7. The molecule has 0 aromatic carbocycles. The van der Waals surface area contributed by atoms with Crippen LogP contribution in [0.1, 0.15) is 11.5 Å². The number of piperazine rings is 1. The van der Waals surface area contributed by atoms with Crippen molar-refractivity contribution in [3.8, 4) is 5.82 Å². The molecule has 0 aliphatic carbocycles. The summed E-state index contributed by atoms with van der Waals surface area (Å²) in [7, 11) is 0. The van der Waals surface area contributed by atoms with E-state index in [2.05, 4.69) is 24.8 Å². The summed E-state index contributed by atoms with van der Waals surface area (Å²) in [5, 5.41) is 0. The first-order valence-electron chi connectivity index (χ1n) is 9.39. The highest BCUT2D eigenvalue weighted by molar-refractivity contribution is 5.76. The van der Waals surface area contributed by atoms with Crippen molar-refractivity contribution in [3.05, 3.63) is 59.1 Å². The summed E-state index contributed by atoms with van der Waals surface area (Å²) in [6.07, 6.45) is 6.66. The van der Waals surface area contributed by atoms with Crippen molar-refractivity contribution in [1.29, 1.82) is 0 Å². The van der Waals surface area contributed by atoms with E-state index in [1.54, 1.807) is 24.3 Å². The van der Waals surface area contributed by atoms with Crippen molar-refractivity contribution < 1.29 is 4.79 Å². The van der Waals surface area contributed by atoms with Crippen molar-refractivity contribution >= 4 is 11.7 Å². The standard InChI is InChI=1S/C19H22N8O2/c1-14-9-18(28)27(13-21-14)11-19(29)25-7-5-24(6-8-25)16-10-17(23-15(2)22-16)26-4-3-20-12-26/h3-4,9-10,12-13H,5-8,11H2,1-2H3. The second-order valence-electron chi connectivity index (χ2n) is 6.97. The molecule has 3 aromatic heterocycles. The first-order chi connectivity index (χ1) is 14.0. The number of carbonyl (C=O) groups is 1. The second-order valence-corrected chi connectivity index (χ2v) is 6.97. The van der Waals surface area contributed by atoms with Gasteiger partial charge in [0.2, 0.25) is 5.91 Å². The van der Waals surface area contributed by atoms with Crippen molar-refractivity contribution in [1.82, 2.24) is 34.0 Å². The van der Waals surface area contributed by atoms with Crippen molar-refractivity contribution in [2.45, 2.75) is 20.4 Å². The molecule has 1 fully saturated rings. The SMILES string of the molecule is Cc1cc(=O)n(CC(=O)N2CCN(c3cc(-n4ccnc4)nc(C)n3)CC2)cn1. The van der Waals surface area contributed by atoms with E-state index in [1.807, 2.05) is 23.8 Å². The molecule has 0 saturated carbocycles. The summed E-state index contributed by atoms with van der Waals surface area (Å²) in [5.41, 5.74) is 0.426. The van der Waals surface area contributed by atoms with E-state index in [-0.39, 0.29) is 18.0 Å². The van der Waals surface area contributed by atoms with E-state index in [1.165, 1.54) is 17.0 Å². The zero-order valence-corrected chi connectivity index (χ0v) is 16.4. The van der Waals surface area contributed by atoms with Crippen LogP contribution < -0.4 is 10.5 Å². The van der Waals surface area contributed by atoms with Gasteiger partial charge in [0, 0.05) is 56.4 Å². The first kappa shape index (κ1) is 18.8. The molecule has 0 bridgehead atoms. The quantitative estimate of drug-likeness (QED) is 0.622. The average Bonchev–Trinajstić information content (AvgIpc) is 3.25. The smallest absolute Gasteiger partial charge is 0.253 e. The molecule has 1 saturated heterocycles. The van der Waals surface area contributed by atoms with E-state index in [9.17, 15) is 9.59 Å². The van der Waals surface area contributed by atoms with Crippen molar-refractivity contribution in [2.24, 2.45) is 0 Å². The summed E-state index contributed by atoms with van der Waals surface area (Å²) in [6, 6.07) is 3.35. The number of aryl methyl sites for hydroxylation is 2. The Bertz CT molecular complexity index is 1070. The zero-order valence-electron chi connectivity index (χ0n) is 16.4. The van der Waals surface area contributed by atoms with Gasteiger partial charge in [-0.15, -0.1) is 0 Å². The van der Waals surface area contributed by atoms with Gasteiger partial charge in [-0.05, 0) is 13.8 Å². The topological polar surface area (TPSA) is 102 Å². The Hall–Kier alpha value is -3.56. The van der Waals surface area contributed by atoms with Gasteiger partial charge in [0.25, 0.3) is 5.56 Å². The van der Waals surface area contributed by atoms with Gasteiger partial charge in [0.05, 0.1) is 6.33 Å². The number of hydrogen-bond donors (Lipinski definition) is 0. The zero-order chi connectivity index (χ0) is 20.4. The molecule has 10 nitrogen and oxygen atoms in total. The van der Waals surface area contributed by atoms with Crippen LogP contribution in [-0.2, 0) is 11.3 Å². The lowest BCUT2D eigenvalue weighted by molar-refractivity contribution is -0.132. The maximum absolute atomic E-state index is 12.6. The summed E-state index contributed by atoms with van der Waals surface area (Å²) in [4.78, 5) is 45.6. The Balaban J connectivity index is 1.42. The Morgan fingerprint density at radius 1 is 1.03 bits per heavy atom. The Morgan fingerprint density at radius 3 is 2.48 bits per heavy atom. The van der Waals surface area contributed by atoms with Gasteiger partial charge in [-0.3, -0.25) is 18.7 Å². The summed E-state index contributed by atoms with van der Waals surface area (Å²) in [6.45, 7) is 6.06. The van der Waals surface area contributed by atoms with Crippen LogP contribution in [0.5, 0.6) is 0 Å². The molecule has 0 N–H and O–H groups in total. The Labute approximate surface area is 167 Å². The lowest BCUT2D eigenvalue weighted by Crippen LogP contribution is -2.50. The molecule has 0 radical (unpaired) electrons. The van der Waals surface area contributed by atoms with E-state index in [0.717, 1.165) is 11.6 Å². The van der Waals surface area contributed by atoms with Crippen LogP contribution in [-0.4, -0.2) is 66.1 Å². The Morgan fingerprint density at radius 2 is 1.79 bits per heavy atom. The predicted octanol–water partition coefficient (Wildman–Crippen LogP) is 0.185. The molecule has 1 aliphatic heterocycles. The summed E-state index contributed by atoms with van der Waals surface area (Å²) in [5.74, 6) is 2.17. The summed E-state index contributed by atoms with van der Waals surface area (Å²) >= 11 is 0. The highest BCUT2D eigenvalue weighted by Crippen LogP contribution is 2.17. The minimum atomic E-state index is -0.215. The normalized spacial score (nSPS) is 14.3. The molecule has 10 heteroatoms. The van der Waals surface area contributed by atoms with Gasteiger partial charge >= 0.3 is 0 Å². The molecule has 1 aliphatic rings. The number of rotatable bonds is 4. The van der Waals surface area contributed by atoms with Crippen LogP contribution in [0.3, 0.4) is 0 Å². The molecule has 3 aromatic rings. The third-order valence-electron chi connectivity index (χ3n) is 4.86. The van der Waals surface area contributed by atoms with Gasteiger partial charge < -0.3 is 9.80 Å². The van der Waals surface area contributed by atoms with Crippen LogP contribution in [0, 0.1) is 13.8 Å². The maximum Gasteiger partial charge on any atom is 0.253 e. The number of amides is 1. The lowest BCUT2D eigenvalue weighted by Gasteiger charge is -2.35. The molecular weight excluding hydrogens is 372 g/mol. The fourth-order valence-electron chi connectivity index (χ4n) is 3.29. The largest absolute Gasteiger partial charge is 0.353 e. The monoisotopic (exact) mass is 394 g/mol. The number of anilines is 1. The molecule has 4 heterocycles. The Kier molecular flexibility index (Phi) is 5.07. The van der Waals surface area contributed by atoms with E-state index in [0.29, 0.717) is 37.7 Å². The molecule has 1 amide bonds. The van der Waals surface area contributed by atoms with Crippen molar-refractivity contribution in [2.75, 3.05) is 31.1 Å². The highest BCUT2D eigenvalue weighted by atomic mass is 16.2. The van der Waals surface area contributed by atoms with Gasteiger partial charge in [0.1, 0.15) is 30.3 Å². The highest BCUT2D eigenvalue weighted by Gasteiger charge is 2.23. The first-order valence-corrected chi connectivity index (χ1v) is 9.39. The third kappa shape index (κ3) is 4.15. The molecule has 0 spiro atoms. The second kappa shape index (κ2) is 7.82. The number of aromatic nitrogens is 6. The predicted molar refractivity (Wildman–Crippen MR) is 106 cm³/mol. The van der Waals surface area contributed by atoms with Gasteiger partial charge in [-0.2, -0.15) is 0 Å². The number of carbonyl (C=O) groups excluding carboxylic acids is 1. The van der Waals surface area contributed by atoms with E-state index in [4.69, 9.17) is 0 Å². The van der Waals surface area contributed by atoms with Gasteiger partial charge in [-0.25, -0.2) is 19.9 Å². The molecule has 4 rings (SSSR count). The van der Waals surface area contributed by atoms with Crippen LogP contribution in [0.15, 0.2) is 42.0 Å². The van der Waals surface area contributed by atoms with Crippen molar-refractivity contribution in [3.63, 3.8) is 0 Å². The molecule has 0 atom stereocenters. The van der Waals surface area contributed by atoms with Gasteiger partial charge in [-0.1, -0.05) is 0 Å². The molecular formula is C19H22N8O2. The molecule has 150 valence electrons. The van der Waals surface area contributed by atoms with Crippen LogP contribution in [0.25, 0.3) is 5.82 Å². The maximum atomic E-state index is 12.6. The lowest BCUT2D eigenvalue weighted by atomic mass is 10.3. The van der Waals surface area contributed by atoms with Gasteiger partial charge in [0.15, 0.2) is 0 Å². The number of nitrogens with zero attached hydrogens (tertiary/aromatic N) is 8. The fraction of sp³-hybridized carbons (Fsp3) is 0.368. The summed E-state index contributed by atoms with van der Waals surface area (Å²) < 4.78 is 3.18. The minimum absolute atomic E-state index is 0.00348. The molecule has 29 heavy (non-hydrogen) atoms. The average molecular weight is 394 g/mol. The van der Waals surface area contributed by atoms with E-state index < -0.39 is 0 Å². The fourth-order valence-corrected chi connectivity index (χ4v) is 3.29. The van der Waals surface area contributed by atoms with E-state index >= 15 is 0 Å². The number of imidazole rings is 1.